The van der Waals surface area contributed by atoms with Gasteiger partial charge in [-0.25, -0.2) is 4.79 Å². The molecular formula is C21H21F3N4O4. The van der Waals surface area contributed by atoms with Gasteiger partial charge in [-0.05, 0) is 43.3 Å². The number of hydrogen-bond donors (Lipinski definition) is 2. The first-order valence-corrected chi connectivity index (χ1v) is 9.95. The lowest BCUT2D eigenvalue weighted by Gasteiger charge is -2.41. The number of benzene rings is 2. The predicted molar refractivity (Wildman–Crippen MR) is 112 cm³/mol. The van der Waals surface area contributed by atoms with E-state index in [1.54, 1.807) is 35.2 Å². The van der Waals surface area contributed by atoms with Crippen molar-refractivity contribution in [3.05, 3.63) is 53.0 Å². The zero-order valence-corrected chi connectivity index (χ0v) is 17.1. The van der Waals surface area contributed by atoms with Crippen molar-refractivity contribution in [2.45, 2.75) is 19.3 Å². The Morgan fingerprint density at radius 1 is 1.22 bits per heavy atom. The molecule has 1 aromatic heterocycles. The molecule has 1 atom stereocenters. The van der Waals surface area contributed by atoms with Crippen molar-refractivity contribution in [3.8, 4) is 5.75 Å². The van der Waals surface area contributed by atoms with E-state index in [-0.39, 0.29) is 24.2 Å². The van der Waals surface area contributed by atoms with E-state index in [9.17, 15) is 22.8 Å². The molecular weight excluding hydrogens is 429 g/mol. The maximum Gasteiger partial charge on any atom is 0.573 e. The van der Waals surface area contributed by atoms with Crippen LogP contribution in [0.3, 0.4) is 0 Å². The Bertz CT molecular complexity index is 1160. The highest BCUT2D eigenvalue weighted by atomic mass is 19.4. The molecule has 1 amide bonds. The number of halogens is 3. The number of H-pyrrole nitrogens is 1. The van der Waals surface area contributed by atoms with Crippen LogP contribution < -0.4 is 20.7 Å². The SMILES string of the molecule is C[C@@H]1CN(c2ccc(OC(F)(F)F)cc2)CCN1C(=O)CNc1ccc2[nH]c(=O)oc2c1. The fraction of sp³-hybridized carbons (Fsp3) is 0.333. The summed E-state index contributed by atoms with van der Waals surface area (Å²) in [5.74, 6) is -0.893. The number of nitrogens with one attached hydrogen (secondary N) is 2. The number of carbonyl (C=O) groups is 1. The van der Waals surface area contributed by atoms with Crippen molar-refractivity contribution in [3.63, 3.8) is 0 Å². The number of ether oxygens (including phenoxy) is 1. The van der Waals surface area contributed by atoms with Crippen LogP contribution in [-0.2, 0) is 4.79 Å². The number of rotatable bonds is 5. The average Bonchev–Trinajstić information content (AvgIpc) is 3.10. The van der Waals surface area contributed by atoms with E-state index in [1.807, 2.05) is 11.8 Å². The molecule has 2 heterocycles. The smallest absolute Gasteiger partial charge is 0.408 e. The predicted octanol–water partition coefficient (Wildman–Crippen LogP) is 3.17. The third-order valence-electron chi connectivity index (χ3n) is 5.25. The van der Waals surface area contributed by atoms with Crippen molar-refractivity contribution < 1.29 is 27.1 Å². The maximum absolute atomic E-state index is 12.7. The lowest BCUT2D eigenvalue weighted by atomic mass is 10.1. The summed E-state index contributed by atoms with van der Waals surface area (Å²) in [6, 6.07) is 10.7. The molecule has 1 saturated heterocycles. The molecule has 0 saturated carbocycles. The molecule has 11 heteroatoms. The first-order valence-electron chi connectivity index (χ1n) is 9.95. The summed E-state index contributed by atoms with van der Waals surface area (Å²) in [7, 11) is 0. The summed E-state index contributed by atoms with van der Waals surface area (Å²) in [6.45, 7) is 3.58. The lowest BCUT2D eigenvalue weighted by molar-refractivity contribution is -0.274. The monoisotopic (exact) mass is 450 g/mol. The number of fused-ring (bicyclic) bond motifs is 1. The molecule has 8 nitrogen and oxygen atoms in total. The van der Waals surface area contributed by atoms with Crippen LogP contribution in [0.15, 0.2) is 51.7 Å². The number of anilines is 2. The Hall–Kier alpha value is -3.63. The minimum Gasteiger partial charge on any atom is -0.408 e. The molecule has 0 radical (unpaired) electrons. The molecule has 1 aliphatic rings. The van der Waals surface area contributed by atoms with Gasteiger partial charge in [-0.3, -0.25) is 9.78 Å². The molecule has 2 aromatic carbocycles. The van der Waals surface area contributed by atoms with Crippen LogP contribution in [0.4, 0.5) is 24.5 Å². The number of aromatic nitrogens is 1. The first-order chi connectivity index (χ1) is 15.2. The van der Waals surface area contributed by atoms with Crippen molar-refractivity contribution in [2.75, 3.05) is 36.4 Å². The molecule has 1 fully saturated rings. The molecule has 0 bridgehead atoms. The second kappa shape index (κ2) is 8.48. The van der Waals surface area contributed by atoms with E-state index >= 15 is 0 Å². The molecule has 32 heavy (non-hydrogen) atoms. The van der Waals surface area contributed by atoms with E-state index in [2.05, 4.69) is 15.0 Å². The van der Waals surface area contributed by atoms with Crippen LogP contribution >= 0.6 is 0 Å². The highest BCUT2D eigenvalue weighted by Crippen LogP contribution is 2.26. The Morgan fingerprint density at radius 3 is 2.66 bits per heavy atom. The zero-order chi connectivity index (χ0) is 22.9. The summed E-state index contributed by atoms with van der Waals surface area (Å²) in [4.78, 5) is 30.3. The topological polar surface area (TPSA) is 90.8 Å². The van der Waals surface area contributed by atoms with Gasteiger partial charge in [0.15, 0.2) is 5.58 Å². The van der Waals surface area contributed by atoms with E-state index in [1.165, 1.54) is 12.1 Å². The molecule has 0 aliphatic carbocycles. The number of hydrogen-bond acceptors (Lipinski definition) is 6. The Labute approximate surface area is 180 Å². The third kappa shape index (κ3) is 4.98. The summed E-state index contributed by atoms with van der Waals surface area (Å²) in [5, 5.41) is 3.04. The van der Waals surface area contributed by atoms with Crippen LogP contribution in [0, 0.1) is 0 Å². The fourth-order valence-corrected chi connectivity index (χ4v) is 3.76. The van der Waals surface area contributed by atoms with Gasteiger partial charge in [-0.2, -0.15) is 0 Å². The third-order valence-corrected chi connectivity index (χ3v) is 5.25. The first kappa shape index (κ1) is 21.6. The molecule has 4 rings (SSSR count). The van der Waals surface area contributed by atoms with Gasteiger partial charge in [0.25, 0.3) is 0 Å². The van der Waals surface area contributed by atoms with E-state index in [0.717, 1.165) is 5.69 Å². The quantitative estimate of drug-likeness (QED) is 0.621. The summed E-state index contributed by atoms with van der Waals surface area (Å²) in [5.41, 5.74) is 2.40. The minimum atomic E-state index is -4.73. The van der Waals surface area contributed by atoms with Crippen LogP contribution in [0.2, 0.25) is 0 Å². The summed E-state index contributed by atoms with van der Waals surface area (Å²) in [6.07, 6.45) is -4.73. The number of aromatic amines is 1. The number of nitrogens with zero attached hydrogens (tertiary/aromatic N) is 2. The van der Waals surface area contributed by atoms with Crippen molar-refractivity contribution >= 4 is 28.4 Å². The van der Waals surface area contributed by atoms with E-state index < -0.39 is 12.1 Å². The van der Waals surface area contributed by atoms with Gasteiger partial charge in [0.05, 0.1) is 12.1 Å². The largest absolute Gasteiger partial charge is 0.573 e. The van der Waals surface area contributed by atoms with Gasteiger partial charge in [0.2, 0.25) is 5.91 Å². The van der Waals surface area contributed by atoms with Gasteiger partial charge >= 0.3 is 12.1 Å². The minimum absolute atomic E-state index is 0.0774. The molecule has 2 N–H and O–H groups in total. The van der Waals surface area contributed by atoms with Gasteiger partial charge in [-0.15, -0.1) is 13.2 Å². The van der Waals surface area contributed by atoms with E-state index in [4.69, 9.17) is 4.42 Å². The second-order valence-electron chi connectivity index (χ2n) is 7.50. The van der Waals surface area contributed by atoms with Crippen molar-refractivity contribution in [2.24, 2.45) is 0 Å². The molecule has 1 aliphatic heterocycles. The van der Waals surface area contributed by atoms with Gasteiger partial charge in [0.1, 0.15) is 5.75 Å². The molecule has 0 unspecified atom stereocenters. The lowest BCUT2D eigenvalue weighted by Crippen LogP contribution is -2.55. The Balaban J connectivity index is 1.32. The van der Waals surface area contributed by atoms with E-state index in [0.29, 0.717) is 36.4 Å². The van der Waals surface area contributed by atoms with Gasteiger partial charge < -0.3 is 24.3 Å². The van der Waals surface area contributed by atoms with Gasteiger partial charge in [0, 0.05) is 43.1 Å². The molecule has 170 valence electrons. The summed E-state index contributed by atoms with van der Waals surface area (Å²) >= 11 is 0. The number of piperazine rings is 1. The van der Waals surface area contributed by atoms with Crippen LogP contribution in [0.1, 0.15) is 6.92 Å². The maximum atomic E-state index is 12.7. The van der Waals surface area contributed by atoms with Crippen LogP contribution in [-0.4, -0.2) is 54.4 Å². The van der Waals surface area contributed by atoms with Gasteiger partial charge in [-0.1, -0.05) is 0 Å². The fourth-order valence-electron chi connectivity index (χ4n) is 3.76. The second-order valence-corrected chi connectivity index (χ2v) is 7.50. The van der Waals surface area contributed by atoms with Crippen molar-refractivity contribution in [1.29, 1.82) is 0 Å². The zero-order valence-electron chi connectivity index (χ0n) is 17.1. The Kier molecular flexibility index (Phi) is 5.72. The molecule has 3 aromatic rings. The Morgan fingerprint density at radius 2 is 1.97 bits per heavy atom. The van der Waals surface area contributed by atoms with Crippen molar-refractivity contribution in [1.82, 2.24) is 9.88 Å². The standard InChI is InChI=1S/C21H21F3N4O4/c1-13-12-27(15-3-5-16(6-4-15)32-21(22,23)24)8-9-28(13)19(29)11-25-14-2-7-17-18(10-14)31-20(30)26-17/h2-7,10,13,25H,8-9,11-12H2,1H3,(H,26,30)/t13-/m1/s1. The summed E-state index contributed by atoms with van der Waals surface area (Å²) < 4.78 is 45.9. The highest BCUT2D eigenvalue weighted by molar-refractivity contribution is 5.83. The van der Waals surface area contributed by atoms with Crippen LogP contribution in [0.5, 0.6) is 5.75 Å². The average molecular weight is 450 g/mol. The number of carbonyl (C=O) groups excluding carboxylic acids is 1. The van der Waals surface area contributed by atoms with Crippen LogP contribution in [0.25, 0.3) is 11.1 Å². The number of oxazole rings is 1. The number of alkyl halides is 3. The normalized spacial score (nSPS) is 16.9. The number of amides is 1. The highest BCUT2D eigenvalue weighted by Gasteiger charge is 2.31. The molecule has 0 spiro atoms.